The molecule has 17 heavy (non-hydrogen) atoms. The summed E-state index contributed by atoms with van der Waals surface area (Å²) in [5.74, 6) is 2.00. The number of halogens is 1. The number of hydrogen-bond donors (Lipinski definition) is 1. The van der Waals surface area contributed by atoms with E-state index in [0.29, 0.717) is 0 Å². The Morgan fingerprint density at radius 1 is 1.29 bits per heavy atom. The lowest BCUT2D eigenvalue weighted by Gasteiger charge is -2.23. The van der Waals surface area contributed by atoms with Crippen molar-refractivity contribution in [1.29, 1.82) is 0 Å². The Balaban J connectivity index is 1.59. The molecule has 92 valence electrons. The van der Waals surface area contributed by atoms with Gasteiger partial charge >= 0.3 is 0 Å². The third-order valence-electron chi connectivity index (χ3n) is 4.53. The largest absolute Gasteiger partial charge is 0.310 e. The minimum atomic E-state index is 0.790. The van der Waals surface area contributed by atoms with Gasteiger partial charge in [-0.15, -0.1) is 0 Å². The normalized spacial score (nSPS) is 31.1. The van der Waals surface area contributed by atoms with Crippen LogP contribution in [0.5, 0.6) is 0 Å². The molecule has 1 N–H and O–H groups in total. The van der Waals surface area contributed by atoms with Gasteiger partial charge in [0, 0.05) is 17.1 Å². The molecular formula is C15H20BrN. The molecule has 0 aliphatic heterocycles. The maximum absolute atomic E-state index is 3.76. The molecule has 0 radical (unpaired) electrons. The summed E-state index contributed by atoms with van der Waals surface area (Å²) in [6.45, 7) is 3.19. The number of fused-ring (bicyclic) bond motifs is 2. The predicted octanol–water partition coefficient (Wildman–Crippen LogP) is 4.04. The van der Waals surface area contributed by atoms with E-state index in [0.717, 1.165) is 24.4 Å². The first-order valence-corrected chi connectivity index (χ1v) is 7.50. The summed E-state index contributed by atoms with van der Waals surface area (Å²) in [5, 5.41) is 3.76. The minimum absolute atomic E-state index is 0.790. The molecule has 2 fully saturated rings. The summed E-state index contributed by atoms with van der Waals surface area (Å²) in [5.41, 5.74) is 2.74. The van der Waals surface area contributed by atoms with Gasteiger partial charge in [-0.3, -0.25) is 0 Å². The standard InChI is InChI=1S/C15H20BrN/c1-10-6-12(3-5-14(10)16)9-17-15-8-11-2-4-13(15)7-11/h3,5-6,11,13,15,17H,2,4,7-9H2,1H3. The van der Waals surface area contributed by atoms with Crippen LogP contribution in [0.4, 0.5) is 0 Å². The fourth-order valence-electron chi connectivity index (χ4n) is 3.56. The quantitative estimate of drug-likeness (QED) is 0.887. The van der Waals surface area contributed by atoms with Crippen LogP contribution in [0.15, 0.2) is 22.7 Å². The topological polar surface area (TPSA) is 12.0 Å². The Kier molecular flexibility index (Phi) is 3.27. The van der Waals surface area contributed by atoms with Crippen LogP contribution in [-0.2, 0) is 6.54 Å². The zero-order valence-electron chi connectivity index (χ0n) is 10.4. The van der Waals surface area contributed by atoms with E-state index in [-0.39, 0.29) is 0 Å². The van der Waals surface area contributed by atoms with Crippen LogP contribution in [-0.4, -0.2) is 6.04 Å². The van der Waals surface area contributed by atoms with Crippen molar-refractivity contribution in [2.24, 2.45) is 11.8 Å². The SMILES string of the molecule is Cc1cc(CNC2CC3CCC2C3)ccc1Br. The van der Waals surface area contributed by atoms with E-state index in [1.54, 1.807) is 0 Å². The van der Waals surface area contributed by atoms with Gasteiger partial charge in [0.05, 0.1) is 0 Å². The van der Waals surface area contributed by atoms with Gasteiger partial charge in [-0.25, -0.2) is 0 Å². The molecule has 3 rings (SSSR count). The van der Waals surface area contributed by atoms with Crippen molar-refractivity contribution in [3.8, 4) is 0 Å². The van der Waals surface area contributed by atoms with Crippen LogP contribution in [0.2, 0.25) is 0 Å². The Bertz CT molecular complexity index is 415. The van der Waals surface area contributed by atoms with Gasteiger partial charge in [-0.05, 0) is 55.2 Å². The maximum atomic E-state index is 3.76. The van der Waals surface area contributed by atoms with Crippen molar-refractivity contribution in [3.05, 3.63) is 33.8 Å². The monoisotopic (exact) mass is 293 g/mol. The van der Waals surface area contributed by atoms with Crippen molar-refractivity contribution < 1.29 is 0 Å². The van der Waals surface area contributed by atoms with E-state index >= 15 is 0 Å². The first kappa shape index (κ1) is 11.7. The number of nitrogens with one attached hydrogen (secondary N) is 1. The van der Waals surface area contributed by atoms with Gasteiger partial charge in [0.2, 0.25) is 0 Å². The van der Waals surface area contributed by atoms with Gasteiger partial charge in [-0.1, -0.05) is 34.5 Å². The minimum Gasteiger partial charge on any atom is -0.310 e. The van der Waals surface area contributed by atoms with Crippen molar-refractivity contribution in [3.63, 3.8) is 0 Å². The molecule has 2 bridgehead atoms. The van der Waals surface area contributed by atoms with E-state index < -0.39 is 0 Å². The van der Waals surface area contributed by atoms with Crippen LogP contribution >= 0.6 is 15.9 Å². The summed E-state index contributed by atoms with van der Waals surface area (Å²) in [6, 6.07) is 7.45. The highest BCUT2D eigenvalue weighted by Gasteiger charge is 2.38. The highest BCUT2D eigenvalue weighted by atomic mass is 79.9. The average Bonchev–Trinajstić information content (AvgIpc) is 2.92. The van der Waals surface area contributed by atoms with E-state index in [4.69, 9.17) is 0 Å². The molecular weight excluding hydrogens is 274 g/mol. The predicted molar refractivity (Wildman–Crippen MR) is 75.0 cm³/mol. The highest BCUT2D eigenvalue weighted by molar-refractivity contribution is 9.10. The second-order valence-corrected chi connectivity index (χ2v) is 6.60. The Hall–Kier alpha value is -0.340. The molecule has 3 atom stereocenters. The second kappa shape index (κ2) is 4.74. The Labute approximate surface area is 112 Å². The highest BCUT2D eigenvalue weighted by Crippen LogP contribution is 2.44. The van der Waals surface area contributed by atoms with Gasteiger partial charge in [0.1, 0.15) is 0 Å². The van der Waals surface area contributed by atoms with Crippen LogP contribution in [0.1, 0.15) is 36.8 Å². The number of hydrogen-bond acceptors (Lipinski definition) is 1. The molecule has 3 unspecified atom stereocenters. The zero-order valence-corrected chi connectivity index (χ0v) is 12.0. The molecule has 0 aromatic heterocycles. The van der Waals surface area contributed by atoms with E-state index in [1.165, 1.54) is 41.3 Å². The lowest BCUT2D eigenvalue weighted by Crippen LogP contribution is -2.33. The summed E-state index contributed by atoms with van der Waals surface area (Å²) < 4.78 is 1.21. The van der Waals surface area contributed by atoms with E-state index in [1.807, 2.05) is 0 Å². The molecule has 2 saturated carbocycles. The van der Waals surface area contributed by atoms with Crippen molar-refractivity contribution in [2.45, 2.75) is 45.2 Å². The van der Waals surface area contributed by atoms with Crippen LogP contribution in [0.25, 0.3) is 0 Å². The summed E-state index contributed by atoms with van der Waals surface area (Å²) in [4.78, 5) is 0. The smallest absolute Gasteiger partial charge is 0.0208 e. The lowest BCUT2D eigenvalue weighted by atomic mass is 9.95. The van der Waals surface area contributed by atoms with Gasteiger partial charge in [0.25, 0.3) is 0 Å². The third-order valence-corrected chi connectivity index (χ3v) is 5.42. The van der Waals surface area contributed by atoms with Crippen molar-refractivity contribution >= 4 is 15.9 Å². The van der Waals surface area contributed by atoms with Crippen molar-refractivity contribution in [2.75, 3.05) is 0 Å². The number of benzene rings is 1. The van der Waals surface area contributed by atoms with Crippen LogP contribution in [0.3, 0.4) is 0 Å². The second-order valence-electron chi connectivity index (χ2n) is 5.75. The number of rotatable bonds is 3. The van der Waals surface area contributed by atoms with E-state index in [2.05, 4.69) is 46.4 Å². The molecule has 0 saturated heterocycles. The summed E-state index contributed by atoms with van der Waals surface area (Å²) in [6.07, 6.45) is 5.85. The zero-order chi connectivity index (χ0) is 11.8. The number of aryl methyl sites for hydroxylation is 1. The maximum Gasteiger partial charge on any atom is 0.0208 e. The van der Waals surface area contributed by atoms with Crippen LogP contribution < -0.4 is 5.32 Å². The molecule has 1 aromatic carbocycles. The fraction of sp³-hybridized carbons (Fsp3) is 0.600. The van der Waals surface area contributed by atoms with Gasteiger partial charge < -0.3 is 5.32 Å². The molecule has 1 nitrogen and oxygen atoms in total. The lowest BCUT2D eigenvalue weighted by molar-refractivity contribution is 0.350. The van der Waals surface area contributed by atoms with Crippen LogP contribution in [0, 0.1) is 18.8 Å². The summed E-state index contributed by atoms with van der Waals surface area (Å²) in [7, 11) is 0. The molecule has 0 amide bonds. The molecule has 1 aromatic rings. The molecule has 2 heteroatoms. The fourth-order valence-corrected chi connectivity index (χ4v) is 3.81. The Morgan fingerprint density at radius 3 is 2.82 bits per heavy atom. The molecule has 0 spiro atoms. The third kappa shape index (κ3) is 2.43. The van der Waals surface area contributed by atoms with Gasteiger partial charge in [-0.2, -0.15) is 0 Å². The molecule has 0 heterocycles. The molecule has 2 aliphatic carbocycles. The Morgan fingerprint density at radius 2 is 2.18 bits per heavy atom. The first-order chi connectivity index (χ1) is 8.22. The molecule has 2 aliphatic rings. The van der Waals surface area contributed by atoms with Gasteiger partial charge in [0.15, 0.2) is 0 Å². The average molecular weight is 294 g/mol. The summed E-state index contributed by atoms with van der Waals surface area (Å²) >= 11 is 3.55. The van der Waals surface area contributed by atoms with Crippen molar-refractivity contribution in [1.82, 2.24) is 5.32 Å². The first-order valence-electron chi connectivity index (χ1n) is 6.71. The van der Waals surface area contributed by atoms with E-state index in [9.17, 15) is 0 Å².